The van der Waals surface area contributed by atoms with Crippen molar-refractivity contribution in [1.29, 1.82) is 0 Å². The Labute approximate surface area is 113 Å². The number of carbonyl (C=O) groups excluding carboxylic acids is 1. The lowest BCUT2D eigenvalue weighted by atomic mass is 10.4. The van der Waals surface area contributed by atoms with E-state index in [0.717, 1.165) is 4.88 Å². The second-order valence-electron chi connectivity index (χ2n) is 3.35. The van der Waals surface area contributed by atoms with E-state index in [1.165, 1.54) is 29.9 Å². The van der Waals surface area contributed by atoms with Gasteiger partial charge in [-0.3, -0.25) is 15.1 Å². The predicted octanol–water partition coefficient (Wildman–Crippen LogP) is 0.919. The van der Waals surface area contributed by atoms with Crippen molar-refractivity contribution in [3.8, 4) is 11.8 Å². The Bertz CT molecular complexity index is 615. The molecule has 7 heteroatoms. The van der Waals surface area contributed by atoms with Crippen LogP contribution in [0.25, 0.3) is 0 Å². The minimum atomic E-state index is -0.364. The van der Waals surface area contributed by atoms with Gasteiger partial charge in [-0.05, 0) is 0 Å². The van der Waals surface area contributed by atoms with E-state index >= 15 is 0 Å². The highest BCUT2D eigenvalue weighted by Crippen LogP contribution is 2.17. The molecule has 2 heterocycles. The lowest BCUT2D eigenvalue weighted by Crippen LogP contribution is -2.13. The van der Waals surface area contributed by atoms with Gasteiger partial charge in [0.1, 0.15) is 5.69 Å². The molecule has 6 nitrogen and oxygen atoms in total. The Morgan fingerprint density at radius 1 is 1.37 bits per heavy atom. The average molecular weight is 274 g/mol. The molecule has 0 fully saturated rings. The van der Waals surface area contributed by atoms with Crippen LogP contribution >= 0.6 is 11.3 Å². The van der Waals surface area contributed by atoms with Gasteiger partial charge in [0.15, 0.2) is 5.13 Å². The highest BCUT2D eigenvalue weighted by molar-refractivity contribution is 7.16. The molecule has 2 aromatic heterocycles. The molecule has 1 amide bonds. The van der Waals surface area contributed by atoms with Crippen molar-refractivity contribution in [3.05, 3.63) is 35.4 Å². The first-order chi connectivity index (χ1) is 9.29. The first-order valence-corrected chi connectivity index (χ1v) is 6.24. The highest BCUT2D eigenvalue weighted by Gasteiger charge is 2.09. The third-order valence-corrected chi connectivity index (χ3v) is 2.80. The summed E-state index contributed by atoms with van der Waals surface area (Å²) in [5.41, 5.74) is 0.227. The quantitative estimate of drug-likeness (QED) is 0.813. The van der Waals surface area contributed by atoms with Gasteiger partial charge in [-0.15, -0.1) is 0 Å². The van der Waals surface area contributed by atoms with E-state index in [1.54, 1.807) is 6.20 Å². The molecule has 0 aliphatic carbocycles. The largest absolute Gasteiger partial charge is 0.395 e. The Balaban J connectivity index is 2.01. The van der Waals surface area contributed by atoms with Crippen molar-refractivity contribution < 1.29 is 9.90 Å². The van der Waals surface area contributed by atoms with Crippen LogP contribution in [0, 0.1) is 11.8 Å². The average Bonchev–Trinajstić information content (AvgIpc) is 2.88. The maximum Gasteiger partial charge on any atom is 0.277 e. The zero-order valence-corrected chi connectivity index (χ0v) is 10.6. The minimum absolute atomic E-state index is 0.0298. The van der Waals surface area contributed by atoms with E-state index in [2.05, 4.69) is 32.1 Å². The van der Waals surface area contributed by atoms with Gasteiger partial charge in [0.25, 0.3) is 5.91 Å². The lowest BCUT2D eigenvalue weighted by Gasteiger charge is -1.98. The topological polar surface area (TPSA) is 88.0 Å². The number of nitrogens with one attached hydrogen (secondary N) is 1. The zero-order valence-electron chi connectivity index (χ0n) is 9.83. The van der Waals surface area contributed by atoms with Gasteiger partial charge < -0.3 is 5.11 Å². The van der Waals surface area contributed by atoms with Crippen LogP contribution in [-0.4, -0.2) is 32.6 Å². The summed E-state index contributed by atoms with van der Waals surface area (Å²) in [6, 6.07) is 0. The van der Waals surface area contributed by atoms with E-state index in [1.807, 2.05) is 0 Å². The summed E-state index contributed by atoms with van der Waals surface area (Å²) in [6.07, 6.45) is 6.31. The summed E-state index contributed by atoms with van der Waals surface area (Å²) in [5, 5.41) is 11.7. The SMILES string of the molecule is O=C(Nc1ncc(C#CCCO)s1)c1cnccn1. The van der Waals surface area contributed by atoms with E-state index in [-0.39, 0.29) is 18.2 Å². The van der Waals surface area contributed by atoms with Crippen molar-refractivity contribution in [2.45, 2.75) is 6.42 Å². The van der Waals surface area contributed by atoms with Gasteiger partial charge in [0, 0.05) is 18.8 Å². The van der Waals surface area contributed by atoms with E-state index in [0.29, 0.717) is 11.6 Å². The fraction of sp³-hybridized carbons (Fsp3) is 0.167. The molecular weight excluding hydrogens is 264 g/mol. The maximum absolute atomic E-state index is 11.8. The number of anilines is 1. The number of aromatic nitrogens is 3. The molecule has 0 saturated heterocycles. The van der Waals surface area contributed by atoms with Gasteiger partial charge in [-0.2, -0.15) is 0 Å². The number of amides is 1. The monoisotopic (exact) mass is 274 g/mol. The fourth-order valence-electron chi connectivity index (χ4n) is 1.17. The van der Waals surface area contributed by atoms with Crippen LogP contribution in [0.3, 0.4) is 0 Å². The molecule has 0 aliphatic heterocycles. The highest BCUT2D eigenvalue weighted by atomic mass is 32.1. The van der Waals surface area contributed by atoms with Crippen molar-refractivity contribution in [2.24, 2.45) is 0 Å². The Morgan fingerprint density at radius 2 is 2.26 bits per heavy atom. The van der Waals surface area contributed by atoms with Crippen LogP contribution in [0.5, 0.6) is 0 Å². The molecule has 0 aromatic carbocycles. The van der Waals surface area contributed by atoms with Gasteiger partial charge in [-0.25, -0.2) is 9.97 Å². The summed E-state index contributed by atoms with van der Waals surface area (Å²) < 4.78 is 0. The molecule has 0 unspecified atom stereocenters. The minimum Gasteiger partial charge on any atom is -0.395 e. The van der Waals surface area contributed by atoms with E-state index < -0.39 is 0 Å². The summed E-state index contributed by atoms with van der Waals surface area (Å²) in [5.74, 6) is 5.27. The predicted molar refractivity (Wildman–Crippen MR) is 70.7 cm³/mol. The summed E-state index contributed by atoms with van der Waals surface area (Å²) in [7, 11) is 0. The van der Waals surface area contributed by atoms with Crippen LogP contribution in [0.1, 0.15) is 21.8 Å². The van der Waals surface area contributed by atoms with Crippen molar-refractivity contribution in [1.82, 2.24) is 15.0 Å². The molecule has 0 spiro atoms. The van der Waals surface area contributed by atoms with Crippen molar-refractivity contribution in [3.63, 3.8) is 0 Å². The molecule has 2 rings (SSSR count). The number of rotatable bonds is 3. The molecule has 2 N–H and O–H groups in total. The third kappa shape index (κ3) is 3.84. The second kappa shape index (κ2) is 6.58. The van der Waals surface area contributed by atoms with Crippen LogP contribution < -0.4 is 5.32 Å². The third-order valence-electron chi connectivity index (χ3n) is 1.97. The normalized spacial score (nSPS) is 9.53. The smallest absolute Gasteiger partial charge is 0.277 e. The zero-order chi connectivity index (χ0) is 13.5. The number of aliphatic hydroxyl groups is 1. The van der Waals surface area contributed by atoms with Crippen molar-refractivity contribution >= 4 is 22.4 Å². The van der Waals surface area contributed by atoms with E-state index in [4.69, 9.17) is 5.11 Å². The number of hydrogen-bond donors (Lipinski definition) is 2. The summed E-state index contributed by atoms with van der Waals surface area (Å²) >= 11 is 1.26. The molecule has 0 radical (unpaired) electrons. The summed E-state index contributed by atoms with van der Waals surface area (Å²) in [6.45, 7) is 0.0298. The van der Waals surface area contributed by atoms with Crippen LogP contribution in [0.4, 0.5) is 5.13 Å². The molecular formula is C12H10N4O2S. The number of nitrogens with zero attached hydrogens (tertiary/aromatic N) is 3. The van der Waals surface area contributed by atoms with Crippen LogP contribution in [-0.2, 0) is 0 Å². The van der Waals surface area contributed by atoms with Gasteiger partial charge in [-0.1, -0.05) is 23.2 Å². The van der Waals surface area contributed by atoms with Crippen LogP contribution in [0.2, 0.25) is 0 Å². The molecule has 96 valence electrons. The van der Waals surface area contributed by atoms with E-state index in [9.17, 15) is 4.79 Å². The fourth-order valence-corrected chi connectivity index (χ4v) is 1.86. The number of aliphatic hydroxyl groups excluding tert-OH is 1. The standard InChI is InChI=1S/C12H10N4O2S/c17-6-2-1-3-9-7-15-12(19-9)16-11(18)10-8-13-4-5-14-10/h4-5,7-8,17H,2,6H2,(H,15,16,18). The number of carbonyl (C=O) groups is 1. The Morgan fingerprint density at radius 3 is 3.00 bits per heavy atom. The first kappa shape index (κ1) is 13.1. The van der Waals surface area contributed by atoms with Gasteiger partial charge >= 0.3 is 0 Å². The maximum atomic E-state index is 11.8. The second-order valence-corrected chi connectivity index (χ2v) is 4.38. The first-order valence-electron chi connectivity index (χ1n) is 5.42. The molecule has 0 saturated carbocycles. The van der Waals surface area contributed by atoms with Crippen LogP contribution in [0.15, 0.2) is 24.8 Å². The number of thiazole rings is 1. The molecule has 19 heavy (non-hydrogen) atoms. The number of hydrogen-bond acceptors (Lipinski definition) is 6. The van der Waals surface area contributed by atoms with Crippen molar-refractivity contribution in [2.75, 3.05) is 11.9 Å². The molecule has 2 aromatic rings. The Hall–Kier alpha value is -2.30. The lowest BCUT2D eigenvalue weighted by molar-refractivity contribution is 0.102. The van der Waals surface area contributed by atoms with Gasteiger partial charge in [0.2, 0.25) is 0 Å². The molecule has 0 bridgehead atoms. The van der Waals surface area contributed by atoms with Gasteiger partial charge in [0.05, 0.1) is 23.9 Å². The molecule has 0 aliphatic rings. The summed E-state index contributed by atoms with van der Waals surface area (Å²) in [4.78, 5) is 24.2. The Kier molecular flexibility index (Phi) is 4.55. The molecule has 0 atom stereocenters.